The molecule has 0 aliphatic rings. The summed E-state index contributed by atoms with van der Waals surface area (Å²) >= 11 is 0. The van der Waals surface area contributed by atoms with Crippen molar-refractivity contribution in [3.8, 4) is 0 Å². The van der Waals surface area contributed by atoms with Crippen LogP contribution in [0.2, 0.25) is 0 Å². The number of aryl methyl sites for hydroxylation is 1. The number of benzene rings is 1. The smallest absolute Gasteiger partial charge is 0.0900 e. The molecule has 0 unspecified atom stereocenters. The minimum atomic E-state index is -1.52. The molecule has 0 radical (unpaired) electrons. The molecular formula is C12H7NO4-2. The van der Waals surface area contributed by atoms with Gasteiger partial charge in [0.25, 0.3) is 0 Å². The van der Waals surface area contributed by atoms with Crippen molar-refractivity contribution in [2.45, 2.75) is 6.92 Å². The number of carboxylic acids is 2. The number of hydrogen-bond acceptors (Lipinski definition) is 5. The maximum absolute atomic E-state index is 10.9. The van der Waals surface area contributed by atoms with Crippen molar-refractivity contribution in [3.05, 3.63) is 41.1 Å². The minimum absolute atomic E-state index is 0.196. The lowest BCUT2D eigenvalue weighted by atomic mass is 10.1. The van der Waals surface area contributed by atoms with Crippen molar-refractivity contribution in [2.24, 2.45) is 0 Å². The number of rotatable bonds is 2. The predicted octanol–water partition coefficient (Wildman–Crippen LogP) is -0.730. The van der Waals surface area contributed by atoms with Crippen molar-refractivity contribution in [1.82, 2.24) is 4.98 Å². The van der Waals surface area contributed by atoms with Gasteiger partial charge in [-0.1, -0.05) is 11.6 Å². The van der Waals surface area contributed by atoms with Gasteiger partial charge in [0, 0.05) is 10.9 Å². The Morgan fingerprint density at radius 1 is 1.12 bits per heavy atom. The van der Waals surface area contributed by atoms with Gasteiger partial charge in [0.05, 0.1) is 23.1 Å². The van der Waals surface area contributed by atoms with Crippen molar-refractivity contribution < 1.29 is 19.8 Å². The molecule has 5 heteroatoms. The van der Waals surface area contributed by atoms with Crippen LogP contribution in [0.5, 0.6) is 0 Å². The first-order chi connectivity index (χ1) is 7.99. The van der Waals surface area contributed by atoms with E-state index >= 15 is 0 Å². The highest BCUT2D eigenvalue weighted by Crippen LogP contribution is 2.19. The molecule has 2 rings (SSSR count). The Labute approximate surface area is 96.3 Å². The number of carbonyl (C=O) groups is 2. The maximum Gasteiger partial charge on any atom is 0.0900 e. The largest absolute Gasteiger partial charge is 0.545 e. The number of nitrogens with zero attached hydrogens (tertiary/aromatic N) is 1. The normalized spacial score (nSPS) is 10.4. The van der Waals surface area contributed by atoms with Crippen LogP contribution in [0.3, 0.4) is 0 Å². The molecule has 0 amide bonds. The Kier molecular flexibility index (Phi) is 2.51. The summed E-state index contributed by atoms with van der Waals surface area (Å²) in [5.74, 6) is -2.96. The maximum atomic E-state index is 10.9. The lowest BCUT2D eigenvalue weighted by Gasteiger charge is -2.11. The summed E-state index contributed by atoms with van der Waals surface area (Å²) in [6, 6.07) is 5.84. The van der Waals surface area contributed by atoms with Gasteiger partial charge in [-0.25, -0.2) is 4.98 Å². The van der Waals surface area contributed by atoms with E-state index < -0.39 is 17.6 Å². The van der Waals surface area contributed by atoms with E-state index in [1.54, 1.807) is 25.1 Å². The van der Waals surface area contributed by atoms with Crippen LogP contribution in [0.1, 0.15) is 26.4 Å². The van der Waals surface area contributed by atoms with Gasteiger partial charge in [-0.2, -0.15) is 0 Å². The fourth-order valence-electron chi connectivity index (χ4n) is 1.61. The Morgan fingerprint density at radius 2 is 1.82 bits per heavy atom. The third kappa shape index (κ3) is 1.94. The molecule has 17 heavy (non-hydrogen) atoms. The molecule has 5 nitrogen and oxygen atoms in total. The quantitative estimate of drug-likeness (QED) is 0.676. The molecule has 1 aromatic heterocycles. The highest BCUT2D eigenvalue weighted by molar-refractivity contribution is 6.04. The van der Waals surface area contributed by atoms with Crippen LogP contribution in [0.25, 0.3) is 10.9 Å². The third-order valence-corrected chi connectivity index (χ3v) is 2.39. The van der Waals surface area contributed by atoms with Crippen LogP contribution in [0.4, 0.5) is 0 Å². The zero-order chi connectivity index (χ0) is 12.6. The van der Waals surface area contributed by atoms with Crippen LogP contribution >= 0.6 is 0 Å². The highest BCUT2D eigenvalue weighted by Gasteiger charge is 2.07. The Hall–Kier alpha value is -2.43. The fraction of sp³-hybridized carbons (Fsp3) is 0.0833. The summed E-state index contributed by atoms with van der Waals surface area (Å²) in [6.07, 6.45) is 0. The second-order valence-corrected chi connectivity index (χ2v) is 3.65. The molecule has 0 saturated heterocycles. The van der Waals surface area contributed by atoms with Crippen LogP contribution in [-0.4, -0.2) is 16.9 Å². The molecule has 1 aromatic carbocycles. The van der Waals surface area contributed by atoms with Crippen molar-refractivity contribution in [2.75, 3.05) is 0 Å². The van der Waals surface area contributed by atoms with Gasteiger partial charge in [-0.05, 0) is 25.1 Å². The number of aromatic nitrogens is 1. The molecule has 0 N–H and O–H groups in total. The second-order valence-electron chi connectivity index (χ2n) is 3.65. The SMILES string of the molecule is Cc1ccc2nc(C(=O)[O-])cc(C(=O)[O-])c2c1. The molecule has 2 aromatic rings. The number of fused-ring (bicyclic) bond motifs is 1. The summed E-state index contributed by atoms with van der Waals surface area (Å²) < 4.78 is 0. The Morgan fingerprint density at radius 3 is 2.41 bits per heavy atom. The predicted molar refractivity (Wildman–Crippen MR) is 55.1 cm³/mol. The first-order valence-corrected chi connectivity index (χ1v) is 4.83. The van der Waals surface area contributed by atoms with Crippen LogP contribution < -0.4 is 10.2 Å². The molecule has 0 bridgehead atoms. The summed E-state index contributed by atoms with van der Waals surface area (Å²) in [4.78, 5) is 25.5. The second kappa shape index (κ2) is 3.86. The fourth-order valence-corrected chi connectivity index (χ4v) is 1.61. The standard InChI is InChI=1S/C12H9NO4/c1-6-2-3-9-7(4-6)8(11(14)15)5-10(13-9)12(16)17/h2-5H,1H3,(H,14,15)(H,16,17)/p-2. The average molecular weight is 229 g/mol. The molecule has 0 fully saturated rings. The molecule has 0 saturated carbocycles. The first kappa shape index (κ1) is 11.1. The Bertz CT molecular complexity index is 634. The summed E-state index contributed by atoms with van der Waals surface area (Å²) in [5.41, 5.74) is 0.526. The summed E-state index contributed by atoms with van der Waals surface area (Å²) in [5, 5.41) is 22.0. The molecule has 86 valence electrons. The molecule has 0 atom stereocenters. The van der Waals surface area contributed by atoms with E-state index in [0.29, 0.717) is 5.39 Å². The summed E-state index contributed by atoms with van der Waals surface area (Å²) in [6.45, 7) is 1.80. The van der Waals surface area contributed by atoms with Crippen molar-refractivity contribution in [3.63, 3.8) is 0 Å². The average Bonchev–Trinajstić information content (AvgIpc) is 2.27. The van der Waals surface area contributed by atoms with E-state index in [9.17, 15) is 19.8 Å². The van der Waals surface area contributed by atoms with Gasteiger partial charge in [-0.3, -0.25) is 0 Å². The highest BCUT2D eigenvalue weighted by atomic mass is 16.4. The topological polar surface area (TPSA) is 93.2 Å². The molecule has 0 spiro atoms. The minimum Gasteiger partial charge on any atom is -0.545 e. The van der Waals surface area contributed by atoms with Crippen molar-refractivity contribution in [1.29, 1.82) is 0 Å². The van der Waals surface area contributed by atoms with Gasteiger partial charge in [0.2, 0.25) is 0 Å². The van der Waals surface area contributed by atoms with Gasteiger partial charge in [0.15, 0.2) is 0 Å². The van der Waals surface area contributed by atoms with E-state index in [1.165, 1.54) is 0 Å². The van der Waals surface area contributed by atoms with Crippen molar-refractivity contribution >= 4 is 22.8 Å². The van der Waals surface area contributed by atoms with Crippen LogP contribution in [0, 0.1) is 6.92 Å². The monoisotopic (exact) mass is 229 g/mol. The summed E-state index contributed by atoms with van der Waals surface area (Å²) in [7, 11) is 0. The molecule has 0 aliphatic heterocycles. The zero-order valence-corrected chi connectivity index (χ0v) is 8.89. The first-order valence-electron chi connectivity index (χ1n) is 4.83. The molecule has 0 aliphatic carbocycles. The lowest BCUT2D eigenvalue weighted by molar-refractivity contribution is -0.255. The Balaban J connectivity index is 2.86. The number of hydrogen-bond donors (Lipinski definition) is 0. The van der Waals surface area contributed by atoms with Gasteiger partial charge < -0.3 is 19.8 Å². The van der Waals surface area contributed by atoms with Gasteiger partial charge in [0.1, 0.15) is 0 Å². The van der Waals surface area contributed by atoms with Crippen LogP contribution in [-0.2, 0) is 0 Å². The number of pyridine rings is 1. The molecule has 1 heterocycles. The van der Waals surface area contributed by atoms with Gasteiger partial charge >= 0.3 is 0 Å². The van der Waals surface area contributed by atoms with E-state index in [1.807, 2.05) is 0 Å². The van der Waals surface area contributed by atoms with Gasteiger partial charge in [-0.15, -0.1) is 0 Å². The number of aromatic carboxylic acids is 2. The lowest BCUT2D eigenvalue weighted by Crippen LogP contribution is -2.27. The number of carboxylic acid groups (broad SMARTS) is 2. The molecular weight excluding hydrogens is 222 g/mol. The van der Waals surface area contributed by atoms with E-state index in [-0.39, 0.29) is 11.1 Å². The van der Waals surface area contributed by atoms with E-state index in [2.05, 4.69) is 4.98 Å². The van der Waals surface area contributed by atoms with E-state index in [4.69, 9.17) is 0 Å². The van der Waals surface area contributed by atoms with Crippen LogP contribution in [0.15, 0.2) is 24.3 Å². The zero-order valence-electron chi connectivity index (χ0n) is 8.89. The third-order valence-electron chi connectivity index (χ3n) is 2.39. The van der Waals surface area contributed by atoms with E-state index in [0.717, 1.165) is 11.6 Å². The number of carbonyl (C=O) groups excluding carboxylic acids is 2.